The van der Waals surface area contributed by atoms with Gasteiger partial charge in [0.15, 0.2) is 0 Å². The van der Waals surface area contributed by atoms with E-state index in [-0.39, 0.29) is 6.04 Å². The minimum absolute atomic E-state index is 0.236. The van der Waals surface area contributed by atoms with Crippen molar-refractivity contribution in [3.8, 4) is 5.75 Å². The lowest BCUT2D eigenvalue weighted by Crippen LogP contribution is -2.31. The van der Waals surface area contributed by atoms with Crippen LogP contribution in [0.3, 0.4) is 0 Å². The van der Waals surface area contributed by atoms with Gasteiger partial charge >= 0.3 is 0 Å². The topological polar surface area (TPSA) is 21.3 Å². The van der Waals surface area contributed by atoms with Crippen molar-refractivity contribution in [2.75, 3.05) is 13.7 Å². The summed E-state index contributed by atoms with van der Waals surface area (Å²) in [6.45, 7) is 3.21. The van der Waals surface area contributed by atoms with E-state index in [9.17, 15) is 0 Å². The Morgan fingerprint density at radius 2 is 1.84 bits per heavy atom. The number of para-hydroxylation sites is 1. The maximum atomic E-state index is 5.50. The number of nitrogens with one attached hydrogen (secondary N) is 1. The van der Waals surface area contributed by atoms with E-state index in [0.717, 1.165) is 18.7 Å². The molecule has 2 aromatic rings. The van der Waals surface area contributed by atoms with Gasteiger partial charge in [-0.05, 0) is 36.1 Å². The summed E-state index contributed by atoms with van der Waals surface area (Å²) in [7, 11) is 1.73. The molecule has 98 valence electrons. The van der Waals surface area contributed by atoms with Crippen LogP contribution in [0, 0.1) is 6.92 Å². The van der Waals surface area contributed by atoms with Crippen molar-refractivity contribution in [2.24, 2.45) is 0 Å². The Hall–Kier alpha value is -1.80. The van der Waals surface area contributed by atoms with Gasteiger partial charge in [-0.2, -0.15) is 0 Å². The molecule has 2 aromatic carbocycles. The quantitative estimate of drug-likeness (QED) is 0.887. The van der Waals surface area contributed by atoms with E-state index in [4.69, 9.17) is 4.74 Å². The third kappa shape index (κ3) is 2.13. The maximum Gasteiger partial charge on any atom is 0.123 e. The highest BCUT2D eigenvalue weighted by atomic mass is 16.5. The summed E-state index contributed by atoms with van der Waals surface area (Å²) in [5.74, 6) is 0.953. The third-order valence-electron chi connectivity index (χ3n) is 3.93. The van der Waals surface area contributed by atoms with E-state index in [1.807, 2.05) is 12.1 Å². The summed E-state index contributed by atoms with van der Waals surface area (Å²) in [5, 5.41) is 3.61. The minimum atomic E-state index is 0.236. The molecular weight excluding hydrogens is 234 g/mol. The summed E-state index contributed by atoms with van der Waals surface area (Å²) in [4.78, 5) is 0. The number of aryl methyl sites for hydroxylation is 1. The van der Waals surface area contributed by atoms with Gasteiger partial charge in [0.05, 0.1) is 13.2 Å². The van der Waals surface area contributed by atoms with E-state index < -0.39 is 0 Å². The van der Waals surface area contributed by atoms with Crippen molar-refractivity contribution in [3.05, 3.63) is 64.7 Å². The maximum absolute atomic E-state index is 5.50. The van der Waals surface area contributed by atoms with Crippen LogP contribution in [0.5, 0.6) is 5.75 Å². The molecule has 0 aromatic heterocycles. The molecule has 3 rings (SSSR count). The van der Waals surface area contributed by atoms with Crippen LogP contribution >= 0.6 is 0 Å². The Bertz CT molecular complexity index is 592. The van der Waals surface area contributed by atoms with Gasteiger partial charge < -0.3 is 10.1 Å². The number of hydrogen-bond donors (Lipinski definition) is 1. The van der Waals surface area contributed by atoms with Gasteiger partial charge in [-0.1, -0.05) is 36.4 Å². The fourth-order valence-corrected chi connectivity index (χ4v) is 2.97. The third-order valence-corrected chi connectivity index (χ3v) is 3.93. The standard InChI is InChI=1S/C17H19NO/c1-12-6-5-8-14-13(12)10-11-18-17(14)15-7-3-4-9-16(15)19-2/h3-9,17-18H,10-11H2,1-2H3. The number of methoxy groups -OCH3 is 1. The van der Waals surface area contributed by atoms with Crippen LogP contribution in [-0.4, -0.2) is 13.7 Å². The average molecular weight is 253 g/mol. The monoisotopic (exact) mass is 253 g/mol. The van der Waals surface area contributed by atoms with E-state index in [1.165, 1.54) is 22.3 Å². The molecule has 19 heavy (non-hydrogen) atoms. The normalized spacial score (nSPS) is 17.9. The van der Waals surface area contributed by atoms with Crippen LogP contribution in [0.15, 0.2) is 42.5 Å². The number of rotatable bonds is 2. The molecule has 0 spiro atoms. The van der Waals surface area contributed by atoms with Crippen LogP contribution in [0.2, 0.25) is 0 Å². The highest BCUT2D eigenvalue weighted by molar-refractivity contribution is 5.47. The summed E-state index contributed by atoms with van der Waals surface area (Å²) in [6.07, 6.45) is 1.10. The second kappa shape index (κ2) is 5.06. The number of ether oxygens (including phenoxy) is 1. The molecule has 0 saturated heterocycles. The van der Waals surface area contributed by atoms with Crippen LogP contribution in [0.25, 0.3) is 0 Å². The SMILES string of the molecule is COc1ccccc1C1NCCc2c(C)cccc21. The van der Waals surface area contributed by atoms with Crippen molar-refractivity contribution in [1.82, 2.24) is 5.32 Å². The predicted molar refractivity (Wildman–Crippen MR) is 77.7 cm³/mol. The first-order valence-corrected chi connectivity index (χ1v) is 6.76. The van der Waals surface area contributed by atoms with Gasteiger partial charge in [0.25, 0.3) is 0 Å². The molecule has 2 nitrogen and oxygen atoms in total. The molecule has 1 atom stereocenters. The lowest BCUT2D eigenvalue weighted by molar-refractivity contribution is 0.402. The van der Waals surface area contributed by atoms with Crippen molar-refractivity contribution in [2.45, 2.75) is 19.4 Å². The highest BCUT2D eigenvalue weighted by Gasteiger charge is 2.24. The summed E-state index contributed by atoms with van der Waals surface area (Å²) in [6, 6.07) is 15.1. The fraction of sp³-hybridized carbons (Fsp3) is 0.294. The predicted octanol–water partition coefficient (Wildman–Crippen LogP) is 3.24. The number of hydrogen-bond acceptors (Lipinski definition) is 2. The molecule has 0 aliphatic carbocycles. The lowest BCUT2D eigenvalue weighted by Gasteiger charge is -2.29. The molecule has 0 saturated carbocycles. The second-order valence-corrected chi connectivity index (χ2v) is 5.02. The molecule has 0 amide bonds. The second-order valence-electron chi connectivity index (χ2n) is 5.02. The number of fused-ring (bicyclic) bond motifs is 1. The molecule has 2 heteroatoms. The molecule has 0 fully saturated rings. The first-order valence-electron chi connectivity index (χ1n) is 6.76. The van der Waals surface area contributed by atoms with Crippen molar-refractivity contribution < 1.29 is 4.74 Å². The van der Waals surface area contributed by atoms with Crippen LogP contribution in [0.4, 0.5) is 0 Å². The smallest absolute Gasteiger partial charge is 0.123 e. The van der Waals surface area contributed by atoms with Crippen molar-refractivity contribution in [1.29, 1.82) is 0 Å². The molecule has 1 N–H and O–H groups in total. The van der Waals surface area contributed by atoms with Gasteiger partial charge in [0.2, 0.25) is 0 Å². The number of benzene rings is 2. The minimum Gasteiger partial charge on any atom is -0.496 e. The lowest BCUT2D eigenvalue weighted by atomic mass is 9.87. The zero-order valence-electron chi connectivity index (χ0n) is 11.4. The molecular formula is C17H19NO. The van der Waals surface area contributed by atoms with Gasteiger partial charge in [-0.3, -0.25) is 0 Å². The molecule has 0 radical (unpaired) electrons. The Morgan fingerprint density at radius 3 is 2.68 bits per heavy atom. The summed E-state index contributed by atoms with van der Waals surface area (Å²) in [5.41, 5.74) is 5.48. The zero-order chi connectivity index (χ0) is 13.2. The van der Waals surface area contributed by atoms with Crippen LogP contribution in [-0.2, 0) is 6.42 Å². The van der Waals surface area contributed by atoms with E-state index in [1.54, 1.807) is 7.11 Å². The average Bonchev–Trinajstić information content (AvgIpc) is 2.47. The zero-order valence-corrected chi connectivity index (χ0v) is 11.4. The summed E-state index contributed by atoms with van der Waals surface area (Å²) >= 11 is 0. The first kappa shape index (κ1) is 12.2. The molecule has 1 aliphatic heterocycles. The van der Waals surface area contributed by atoms with Crippen molar-refractivity contribution in [3.63, 3.8) is 0 Å². The van der Waals surface area contributed by atoms with E-state index in [2.05, 4.69) is 42.6 Å². The van der Waals surface area contributed by atoms with E-state index in [0.29, 0.717) is 0 Å². The Labute approximate surface area is 114 Å². The molecule has 1 unspecified atom stereocenters. The van der Waals surface area contributed by atoms with Crippen LogP contribution < -0.4 is 10.1 Å². The highest BCUT2D eigenvalue weighted by Crippen LogP contribution is 2.34. The molecule has 0 bridgehead atoms. The van der Waals surface area contributed by atoms with Gasteiger partial charge in [-0.25, -0.2) is 0 Å². The first-order chi connectivity index (χ1) is 9.31. The molecule has 1 heterocycles. The summed E-state index contributed by atoms with van der Waals surface area (Å²) < 4.78 is 5.50. The Morgan fingerprint density at radius 1 is 1.05 bits per heavy atom. The fourth-order valence-electron chi connectivity index (χ4n) is 2.97. The Balaban J connectivity index is 2.11. The van der Waals surface area contributed by atoms with Gasteiger partial charge in [0.1, 0.15) is 5.75 Å². The molecule has 1 aliphatic rings. The largest absolute Gasteiger partial charge is 0.496 e. The van der Waals surface area contributed by atoms with E-state index >= 15 is 0 Å². The Kier molecular flexibility index (Phi) is 3.26. The van der Waals surface area contributed by atoms with Crippen LogP contribution in [0.1, 0.15) is 28.3 Å². The van der Waals surface area contributed by atoms with Gasteiger partial charge in [0, 0.05) is 12.1 Å². The van der Waals surface area contributed by atoms with Gasteiger partial charge in [-0.15, -0.1) is 0 Å². The van der Waals surface area contributed by atoms with Crippen molar-refractivity contribution >= 4 is 0 Å².